The summed E-state index contributed by atoms with van der Waals surface area (Å²) < 4.78 is 0. The molecule has 0 saturated carbocycles. The van der Waals surface area contributed by atoms with E-state index in [0.29, 0.717) is 5.75 Å². The summed E-state index contributed by atoms with van der Waals surface area (Å²) >= 11 is 0. The van der Waals surface area contributed by atoms with Crippen LogP contribution in [0.3, 0.4) is 0 Å². The number of hydrogen-bond acceptors (Lipinski definition) is 2. The van der Waals surface area contributed by atoms with Crippen LogP contribution in [0.1, 0.15) is 39.7 Å². The molecule has 0 atom stereocenters. The molecule has 0 aliphatic carbocycles. The third-order valence-electron chi connectivity index (χ3n) is 2.55. The summed E-state index contributed by atoms with van der Waals surface area (Å²) in [6, 6.07) is 7.36. The Balaban J connectivity index is 2.90. The molecule has 0 aliphatic rings. The average Bonchev–Trinajstić information content (AvgIpc) is 2.00. The molecule has 0 amide bonds. The Morgan fingerprint density at radius 2 is 1.53 bits per heavy atom. The highest BCUT2D eigenvalue weighted by Crippen LogP contribution is 2.31. The van der Waals surface area contributed by atoms with Gasteiger partial charge in [-0.1, -0.05) is 26.0 Å². The van der Waals surface area contributed by atoms with Crippen molar-refractivity contribution in [2.24, 2.45) is 5.73 Å². The van der Waals surface area contributed by atoms with Crippen molar-refractivity contribution in [3.63, 3.8) is 0 Å². The van der Waals surface area contributed by atoms with Gasteiger partial charge in [-0.25, -0.2) is 0 Å². The first-order valence-electron chi connectivity index (χ1n) is 5.29. The molecule has 2 nitrogen and oxygen atoms in total. The van der Waals surface area contributed by atoms with Crippen LogP contribution in [-0.4, -0.2) is 10.6 Å². The second-order valence-electron chi connectivity index (χ2n) is 5.60. The van der Waals surface area contributed by atoms with Crippen LogP contribution < -0.4 is 5.73 Å². The van der Waals surface area contributed by atoms with Crippen LogP contribution in [-0.2, 0) is 5.41 Å². The number of aromatic hydroxyl groups is 1. The van der Waals surface area contributed by atoms with Gasteiger partial charge in [-0.05, 0) is 43.4 Å². The number of phenolic OH excluding ortho intramolecular Hbond substituents is 1. The lowest BCUT2D eigenvalue weighted by Crippen LogP contribution is -2.39. The zero-order chi connectivity index (χ0) is 11.7. The van der Waals surface area contributed by atoms with Crippen LogP contribution in [0.5, 0.6) is 5.75 Å². The molecular weight excluding hydrogens is 186 g/mol. The van der Waals surface area contributed by atoms with E-state index in [1.165, 1.54) is 5.56 Å². The van der Waals surface area contributed by atoms with Crippen molar-refractivity contribution in [1.29, 1.82) is 0 Å². The van der Waals surface area contributed by atoms with Crippen molar-refractivity contribution in [3.05, 3.63) is 29.8 Å². The van der Waals surface area contributed by atoms with Gasteiger partial charge in [0.1, 0.15) is 5.75 Å². The van der Waals surface area contributed by atoms with Crippen molar-refractivity contribution in [3.8, 4) is 5.75 Å². The van der Waals surface area contributed by atoms with E-state index in [1.54, 1.807) is 12.1 Å². The molecule has 2 heteroatoms. The van der Waals surface area contributed by atoms with E-state index >= 15 is 0 Å². The lowest BCUT2D eigenvalue weighted by Gasteiger charge is -2.32. The van der Waals surface area contributed by atoms with E-state index in [2.05, 4.69) is 13.8 Å². The monoisotopic (exact) mass is 207 g/mol. The zero-order valence-corrected chi connectivity index (χ0v) is 10.0. The largest absolute Gasteiger partial charge is 0.508 e. The Bertz CT molecular complexity index is 319. The first kappa shape index (κ1) is 12.1. The highest BCUT2D eigenvalue weighted by Gasteiger charge is 2.27. The van der Waals surface area contributed by atoms with Crippen molar-refractivity contribution in [1.82, 2.24) is 0 Å². The minimum atomic E-state index is -0.179. The van der Waals surface area contributed by atoms with Gasteiger partial charge in [-0.3, -0.25) is 0 Å². The molecule has 0 radical (unpaired) electrons. The maximum absolute atomic E-state index is 9.23. The topological polar surface area (TPSA) is 46.2 Å². The van der Waals surface area contributed by atoms with E-state index in [0.717, 1.165) is 6.42 Å². The summed E-state index contributed by atoms with van der Waals surface area (Å²) in [4.78, 5) is 0. The van der Waals surface area contributed by atoms with Crippen molar-refractivity contribution >= 4 is 0 Å². The number of phenols is 1. The molecule has 1 aromatic carbocycles. The Hall–Kier alpha value is -1.02. The predicted molar refractivity (Wildman–Crippen MR) is 64.0 cm³/mol. The molecule has 84 valence electrons. The fourth-order valence-electron chi connectivity index (χ4n) is 2.15. The molecule has 0 fully saturated rings. The minimum Gasteiger partial charge on any atom is -0.508 e. The maximum atomic E-state index is 9.23. The molecule has 0 unspecified atom stereocenters. The molecule has 0 bridgehead atoms. The van der Waals surface area contributed by atoms with Crippen LogP contribution in [0.15, 0.2) is 24.3 Å². The Morgan fingerprint density at radius 3 is 1.93 bits per heavy atom. The number of hydrogen-bond donors (Lipinski definition) is 2. The summed E-state index contributed by atoms with van der Waals surface area (Å²) in [5.74, 6) is 0.307. The maximum Gasteiger partial charge on any atom is 0.115 e. The average molecular weight is 207 g/mol. The van der Waals surface area contributed by atoms with E-state index in [4.69, 9.17) is 5.73 Å². The van der Waals surface area contributed by atoms with Crippen LogP contribution in [0.2, 0.25) is 0 Å². The second kappa shape index (κ2) is 3.86. The Morgan fingerprint density at radius 1 is 1.07 bits per heavy atom. The SMILES string of the molecule is CC(C)(N)CC(C)(C)c1ccc(O)cc1. The predicted octanol–water partition coefficient (Wildman–Crippen LogP) is 2.80. The fraction of sp³-hybridized carbons (Fsp3) is 0.538. The van der Waals surface area contributed by atoms with Gasteiger partial charge in [0.2, 0.25) is 0 Å². The fourth-order valence-corrected chi connectivity index (χ4v) is 2.15. The van der Waals surface area contributed by atoms with Crippen molar-refractivity contribution in [2.45, 2.75) is 45.1 Å². The first-order chi connectivity index (χ1) is 6.71. The number of rotatable bonds is 3. The van der Waals surface area contributed by atoms with Gasteiger partial charge in [-0.2, -0.15) is 0 Å². The molecule has 0 aromatic heterocycles. The van der Waals surface area contributed by atoms with Gasteiger partial charge < -0.3 is 10.8 Å². The van der Waals surface area contributed by atoms with Gasteiger partial charge in [0.15, 0.2) is 0 Å². The third kappa shape index (κ3) is 3.56. The van der Waals surface area contributed by atoms with Gasteiger partial charge >= 0.3 is 0 Å². The van der Waals surface area contributed by atoms with Gasteiger partial charge in [0, 0.05) is 5.54 Å². The molecule has 0 aliphatic heterocycles. The zero-order valence-electron chi connectivity index (χ0n) is 10.0. The molecule has 0 spiro atoms. The molecule has 1 rings (SSSR count). The lowest BCUT2D eigenvalue weighted by atomic mass is 9.75. The molecule has 3 N–H and O–H groups in total. The highest BCUT2D eigenvalue weighted by molar-refractivity contribution is 5.31. The first-order valence-corrected chi connectivity index (χ1v) is 5.29. The Kier molecular flexibility index (Phi) is 3.10. The summed E-state index contributed by atoms with van der Waals surface area (Å²) in [7, 11) is 0. The van der Waals surface area contributed by atoms with E-state index in [-0.39, 0.29) is 11.0 Å². The smallest absolute Gasteiger partial charge is 0.115 e. The minimum absolute atomic E-state index is 0.0337. The molecule has 0 saturated heterocycles. The standard InChI is InChI=1S/C13H21NO/c1-12(2,9-13(3,4)14)10-5-7-11(15)8-6-10/h5-8,15H,9,14H2,1-4H3. The second-order valence-corrected chi connectivity index (χ2v) is 5.60. The van der Waals surface area contributed by atoms with Gasteiger partial charge in [-0.15, -0.1) is 0 Å². The van der Waals surface area contributed by atoms with Crippen LogP contribution in [0.25, 0.3) is 0 Å². The van der Waals surface area contributed by atoms with Crippen LogP contribution >= 0.6 is 0 Å². The van der Waals surface area contributed by atoms with Gasteiger partial charge in [0.25, 0.3) is 0 Å². The number of nitrogens with two attached hydrogens (primary N) is 1. The normalized spacial score (nSPS) is 12.9. The van der Waals surface area contributed by atoms with Gasteiger partial charge in [0.05, 0.1) is 0 Å². The lowest BCUT2D eigenvalue weighted by molar-refractivity contribution is 0.350. The van der Waals surface area contributed by atoms with Crippen LogP contribution in [0.4, 0.5) is 0 Å². The molecule has 1 aromatic rings. The molecule has 0 heterocycles. The van der Waals surface area contributed by atoms with E-state index < -0.39 is 0 Å². The Labute approximate surface area is 92.1 Å². The van der Waals surface area contributed by atoms with Crippen molar-refractivity contribution in [2.75, 3.05) is 0 Å². The van der Waals surface area contributed by atoms with E-state index in [9.17, 15) is 5.11 Å². The van der Waals surface area contributed by atoms with E-state index in [1.807, 2.05) is 26.0 Å². The quantitative estimate of drug-likeness (QED) is 0.800. The molecule has 15 heavy (non-hydrogen) atoms. The van der Waals surface area contributed by atoms with Crippen LogP contribution in [0, 0.1) is 0 Å². The number of benzene rings is 1. The van der Waals surface area contributed by atoms with Crippen molar-refractivity contribution < 1.29 is 5.11 Å². The summed E-state index contributed by atoms with van der Waals surface area (Å²) in [5.41, 5.74) is 7.10. The third-order valence-corrected chi connectivity index (χ3v) is 2.55. The summed E-state index contributed by atoms with van der Waals surface area (Å²) in [6.45, 7) is 8.42. The molecular formula is C13H21NO. The summed E-state index contributed by atoms with van der Waals surface area (Å²) in [5, 5.41) is 9.23. The highest BCUT2D eigenvalue weighted by atomic mass is 16.3. The summed E-state index contributed by atoms with van der Waals surface area (Å²) in [6.07, 6.45) is 0.908.